The first kappa shape index (κ1) is 25.9. The summed E-state index contributed by atoms with van der Waals surface area (Å²) in [5.74, 6) is 1.06. The maximum Gasteiger partial charge on any atom is 0.435 e. The Bertz CT molecular complexity index is 1130. The van der Waals surface area contributed by atoms with Crippen LogP contribution < -0.4 is 10.6 Å². The summed E-state index contributed by atoms with van der Waals surface area (Å²) in [7, 11) is 2.97. The van der Waals surface area contributed by atoms with Gasteiger partial charge in [0.15, 0.2) is 11.4 Å². The number of ether oxygens (including phenoxy) is 3. The molecule has 4 rings (SSSR count). The van der Waals surface area contributed by atoms with E-state index in [-0.39, 0.29) is 11.9 Å². The lowest BCUT2D eigenvalue weighted by atomic mass is 9.76. The number of pyridine rings is 1. The van der Waals surface area contributed by atoms with Gasteiger partial charge in [-0.15, -0.1) is 5.10 Å². The average Bonchev–Trinajstić information content (AvgIpc) is 3.22. The summed E-state index contributed by atoms with van der Waals surface area (Å²) in [6.45, 7) is 8.18. The smallest absolute Gasteiger partial charge is 0.435 e. The second-order valence-corrected chi connectivity index (χ2v) is 10.6. The van der Waals surface area contributed by atoms with Crippen LogP contribution in [0, 0.1) is 6.92 Å². The van der Waals surface area contributed by atoms with Crippen LogP contribution >= 0.6 is 0 Å². The molecule has 2 aromatic rings. The van der Waals surface area contributed by atoms with Crippen LogP contribution in [0.4, 0.5) is 22.1 Å². The maximum absolute atomic E-state index is 12.5. The van der Waals surface area contributed by atoms with Gasteiger partial charge in [0, 0.05) is 31.3 Å². The Kier molecular flexibility index (Phi) is 7.26. The average molecular weight is 500 g/mol. The standard InChI is InChI=1S/C26H37N5O5/c1-16-14-20(30-31(16)24(33)36-25(2,3)4)28-19-15-18-8-7-13-27-21(18)22(29-19)17-9-11-26(35-6,12-10-17)23(32)34-5/h14-15,17,27H,7-13H2,1-6H3,(H,28,29,30). The lowest BCUT2D eigenvalue weighted by molar-refractivity contribution is -0.170. The second-order valence-electron chi connectivity index (χ2n) is 10.6. The fourth-order valence-electron chi connectivity index (χ4n) is 5.06. The van der Waals surface area contributed by atoms with Gasteiger partial charge in [0.05, 0.1) is 18.5 Å². The zero-order chi connectivity index (χ0) is 26.1. The lowest BCUT2D eigenvalue weighted by Gasteiger charge is -2.37. The molecular formula is C26H37N5O5. The Balaban J connectivity index is 1.58. The number of carbonyl (C=O) groups is 2. The monoisotopic (exact) mass is 499 g/mol. The van der Waals surface area contributed by atoms with Gasteiger partial charge < -0.3 is 24.8 Å². The van der Waals surface area contributed by atoms with Crippen molar-refractivity contribution in [3.05, 3.63) is 29.1 Å². The van der Waals surface area contributed by atoms with Crippen LogP contribution in [-0.4, -0.2) is 58.8 Å². The lowest BCUT2D eigenvalue weighted by Crippen LogP contribution is -2.44. The molecule has 3 heterocycles. The number of hydrogen-bond acceptors (Lipinski definition) is 9. The topological polar surface area (TPSA) is 117 Å². The molecule has 0 saturated heterocycles. The third kappa shape index (κ3) is 5.33. The number of aromatic nitrogens is 3. The molecule has 36 heavy (non-hydrogen) atoms. The van der Waals surface area contributed by atoms with Gasteiger partial charge in [0.2, 0.25) is 0 Å². The number of nitrogens with one attached hydrogen (secondary N) is 2. The highest BCUT2D eigenvalue weighted by Gasteiger charge is 2.44. The van der Waals surface area contributed by atoms with E-state index in [0.29, 0.717) is 30.2 Å². The highest BCUT2D eigenvalue weighted by molar-refractivity contribution is 5.79. The molecule has 0 radical (unpaired) electrons. The number of aryl methyl sites for hydroxylation is 2. The summed E-state index contributed by atoms with van der Waals surface area (Å²) in [6.07, 6.45) is 4.16. The van der Waals surface area contributed by atoms with Crippen molar-refractivity contribution in [1.82, 2.24) is 14.8 Å². The molecule has 1 fully saturated rings. The molecular weight excluding hydrogens is 462 g/mol. The molecule has 0 spiro atoms. The Morgan fingerprint density at radius 2 is 1.89 bits per heavy atom. The van der Waals surface area contributed by atoms with Gasteiger partial charge >= 0.3 is 12.1 Å². The summed E-state index contributed by atoms with van der Waals surface area (Å²) in [6, 6.07) is 3.84. The number of anilines is 3. The Labute approximate surface area is 212 Å². The number of fused-ring (bicyclic) bond motifs is 1. The summed E-state index contributed by atoms with van der Waals surface area (Å²) < 4.78 is 17.4. The second kappa shape index (κ2) is 10.1. The number of hydrogen-bond donors (Lipinski definition) is 2. The molecule has 10 heteroatoms. The van der Waals surface area contributed by atoms with E-state index in [0.717, 1.165) is 43.6 Å². The molecule has 1 aliphatic carbocycles. The minimum atomic E-state index is -0.888. The third-order valence-electron chi connectivity index (χ3n) is 6.89. The molecule has 2 aromatic heterocycles. The van der Waals surface area contributed by atoms with E-state index in [9.17, 15) is 9.59 Å². The van der Waals surface area contributed by atoms with Crippen molar-refractivity contribution in [2.75, 3.05) is 31.4 Å². The number of rotatable bonds is 5. The first-order valence-electron chi connectivity index (χ1n) is 12.5. The molecule has 0 aromatic carbocycles. The quantitative estimate of drug-likeness (QED) is 0.565. The van der Waals surface area contributed by atoms with E-state index < -0.39 is 17.3 Å². The number of esters is 1. The normalized spacial score (nSPS) is 21.8. The van der Waals surface area contributed by atoms with Crippen LogP contribution in [0.2, 0.25) is 0 Å². The van der Waals surface area contributed by atoms with Crippen LogP contribution in [0.5, 0.6) is 0 Å². The highest BCUT2D eigenvalue weighted by atomic mass is 16.6. The molecule has 0 atom stereocenters. The number of carbonyl (C=O) groups excluding carboxylic acids is 2. The van der Waals surface area contributed by atoms with Crippen molar-refractivity contribution in [3.63, 3.8) is 0 Å². The minimum absolute atomic E-state index is 0.181. The van der Waals surface area contributed by atoms with Crippen LogP contribution in [0.15, 0.2) is 12.1 Å². The number of nitrogens with zero attached hydrogens (tertiary/aromatic N) is 3. The Morgan fingerprint density at radius 1 is 1.17 bits per heavy atom. The van der Waals surface area contributed by atoms with Gasteiger partial charge in [-0.05, 0) is 77.8 Å². The molecule has 0 bridgehead atoms. The van der Waals surface area contributed by atoms with E-state index in [4.69, 9.17) is 19.2 Å². The molecule has 196 valence electrons. The zero-order valence-electron chi connectivity index (χ0n) is 22.1. The molecule has 2 N–H and O–H groups in total. The maximum atomic E-state index is 12.5. The van der Waals surface area contributed by atoms with Crippen molar-refractivity contribution in [1.29, 1.82) is 0 Å². The molecule has 10 nitrogen and oxygen atoms in total. The van der Waals surface area contributed by atoms with E-state index in [1.807, 2.05) is 33.8 Å². The first-order chi connectivity index (χ1) is 17.0. The van der Waals surface area contributed by atoms with Gasteiger partial charge in [-0.1, -0.05) is 0 Å². The van der Waals surface area contributed by atoms with Crippen LogP contribution in [0.3, 0.4) is 0 Å². The van der Waals surface area contributed by atoms with Crippen molar-refractivity contribution in [3.8, 4) is 0 Å². The zero-order valence-corrected chi connectivity index (χ0v) is 22.1. The van der Waals surface area contributed by atoms with Crippen molar-refractivity contribution < 1.29 is 23.8 Å². The van der Waals surface area contributed by atoms with Crippen LogP contribution in [0.25, 0.3) is 0 Å². The number of methoxy groups -OCH3 is 2. The molecule has 0 unspecified atom stereocenters. The summed E-state index contributed by atoms with van der Waals surface area (Å²) >= 11 is 0. The predicted molar refractivity (Wildman–Crippen MR) is 136 cm³/mol. The summed E-state index contributed by atoms with van der Waals surface area (Å²) in [4.78, 5) is 29.9. The minimum Gasteiger partial charge on any atom is -0.467 e. The third-order valence-corrected chi connectivity index (χ3v) is 6.89. The van der Waals surface area contributed by atoms with E-state index in [2.05, 4.69) is 15.7 Å². The fourth-order valence-corrected chi connectivity index (χ4v) is 5.06. The molecule has 0 amide bonds. The van der Waals surface area contributed by atoms with Crippen LogP contribution in [-0.2, 0) is 25.4 Å². The molecule has 1 aliphatic heterocycles. The SMILES string of the molecule is COC(=O)C1(OC)CCC(c2nc(Nc3cc(C)n(C(=O)OC(C)(C)C)n3)cc3c2NCCC3)CC1. The van der Waals surface area contributed by atoms with E-state index in [1.165, 1.54) is 17.4 Å². The fraction of sp³-hybridized carbons (Fsp3) is 0.615. The van der Waals surface area contributed by atoms with Gasteiger partial charge in [0.1, 0.15) is 11.4 Å². The molecule has 2 aliphatic rings. The summed E-state index contributed by atoms with van der Waals surface area (Å²) in [5, 5.41) is 11.2. The largest absolute Gasteiger partial charge is 0.467 e. The Morgan fingerprint density at radius 3 is 2.53 bits per heavy atom. The Hall–Kier alpha value is -3.14. The van der Waals surface area contributed by atoms with E-state index in [1.54, 1.807) is 13.2 Å². The van der Waals surface area contributed by atoms with Gasteiger partial charge in [-0.3, -0.25) is 0 Å². The highest BCUT2D eigenvalue weighted by Crippen LogP contribution is 2.43. The van der Waals surface area contributed by atoms with E-state index >= 15 is 0 Å². The van der Waals surface area contributed by atoms with Crippen molar-refractivity contribution in [2.24, 2.45) is 0 Å². The van der Waals surface area contributed by atoms with Gasteiger partial charge in [-0.25, -0.2) is 14.6 Å². The predicted octanol–water partition coefficient (Wildman–Crippen LogP) is 4.69. The van der Waals surface area contributed by atoms with Crippen molar-refractivity contribution >= 4 is 29.4 Å². The van der Waals surface area contributed by atoms with Gasteiger partial charge in [-0.2, -0.15) is 4.68 Å². The van der Waals surface area contributed by atoms with Crippen LogP contribution in [0.1, 0.15) is 75.7 Å². The first-order valence-corrected chi connectivity index (χ1v) is 12.5. The van der Waals surface area contributed by atoms with Crippen molar-refractivity contribution in [2.45, 2.75) is 83.3 Å². The van der Waals surface area contributed by atoms with Gasteiger partial charge in [0.25, 0.3) is 0 Å². The summed E-state index contributed by atoms with van der Waals surface area (Å²) in [5.41, 5.74) is 2.45. The molecule has 1 saturated carbocycles.